The number of rotatable bonds is 3. The number of carbonyl (C=O) groups is 1. The van der Waals surface area contributed by atoms with Gasteiger partial charge >= 0.3 is 0 Å². The van der Waals surface area contributed by atoms with E-state index in [0.29, 0.717) is 5.56 Å². The third kappa shape index (κ3) is 3.13. The maximum absolute atomic E-state index is 12.2. The predicted molar refractivity (Wildman–Crippen MR) is 79.4 cm³/mol. The van der Waals surface area contributed by atoms with Crippen molar-refractivity contribution in [2.45, 2.75) is 4.83 Å². The maximum Gasteiger partial charge on any atom is 0.180 e. The molecule has 17 heavy (non-hydrogen) atoms. The number of aromatic nitrogens is 1. The molecule has 0 radical (unpaired) electrons. The van der Waals surface area contributed by atoms with Crippen LogP contribution < -0.4 is 0 Å². The number of Topliss-reactive ketones (excluding diaryl/α,β-unsaturated/α-hetero) is 1. The zero-order valence-corrected chi connectivity index (χ0v) is 12.6. The van der Waals surface area contributed by atoms with Crippen molar-refractivity contribution in [3.63, 3.8) is 0 Å². The van der Waals surface area contributed by atoms with Crippen LogP contribution in [0.5, 0.6) is 0 Å². The second kappa shape index (κ2) is 5.73. The number of ketones is 1. The molecule has 0 bridgehead atoms. The van der Waals surface area contributed by atoms with Crippen molar-refractivity contribution in [3.05, 3.63) is 63.5 Å². The standard InChI is InChI=1S/C13H9BrINO/c14-12(10-6-7-11(15)16-8-10)13(17)9-4-2-1-3-5-9/h1-8,12H. The Hall–Kier alpha value is -0.750. The lowest BCUT2D eigenvalue weighted by atomic mass is 10.0. The third-order valence-electron chi connectivity index (χ3n) is 2.33. The summed E-state index contributed by atoms with van der Waals surface area (Å²) in [5, 5.41) is 0. The highest BCUT2D eigenvalue weighted by Crippen LogP contribution is 2.26. The van der Waals surface area contributed by atoms with E-state index in [4.69, 9.17) is 0 Å². The van der Waals surface area contributed by atoms with Gasteiger partial charge in [-0.05, 0) is 34.2 Å². The second-order valence-electron chi connectivity index (χ2n) is 3.51. The number of pyridine rings is 1. The summed E-state index contributed by atoms with van der Waals surface area (Å²) in [6, 6.07) is 13.1. The van der Waals surface area contributed by atoms with Gasteiger partial charge in [-0.3, -0.25) is 4.79 Å². The summed E-state index contributed by atoms with van der Waals surface area (Å²) in [6.07, 6.45) is 1.72. The van der Waals surface area contributed by atoms with Crippen LogP contribution in [0.15, 0.2) is 48.7 Å². The van der Waals surface area contributed by atoms with Crippen LogP contribution in [-0.2, 0) is 0 Å². The molecular formula is C13H9BrINO. The van der Waals surface area contributed by atoms with Crippen LogP contribution in [0.3, 0.4) is 0 Å². The molecule has 0 aliphatic carbocycles. The van der Waals surface area contributed by atoms with Gasteiger partial charge in [-0.2, -0.15) is 0 Å². The van der Waals surface area contributed by atoms with Gasteiger partial charge in [0.05, 0.1) is 0 Å². The highest BCUT2D eigenvalue weighted by Gasteiger charge is 2.18. The van der Waals surface area contributed by atoms with Crippen molar-refractivity contribution in [2.75, 3.05) is 0 Å². The van der Waals surface area contributed by atoms with Crippen LogP contribution in [0.25, 0.3) is 0 Å². The minimum Gasteiger partial charge on any atom is -0.293 e. The Morgan fingerprint density at radius 2 is 1.88 bits per heavy atom. The van der Waals surface area contributed by atoms with E-state index in [-0.39, 0.29) is 10.6 Å². The fourth-order valence-electron chi connectivity index (χ4n) is 1.44. The van der Waals surface area contributed by atoms with Crippen LogP contribution in [0.2, 0.25) is 0 Å². The van der Waals surface area contributed by atoms with Gasteiger partial charge in [0, 0.05) is 11.8 Å². The normalized spacial score (nSPS) is 12.1. The van der Waals surface area contributed by atoms with Gasteiger partial charge in [-0.1, -0.05) is 52.3 Å². The van der Waals surface area contributed by atoms with Gasteiger partial charge in [0.25, 0.3) is 0 Å². The third-order valence-corrected chi connectivity index (χ3v) is 3.91. The summed E-state index contributed by atoms with van der Waals surface area (Å²) in [5.74, 6) is 0.0496. The topological polar surface area (TPSA) is 30.0 Å². The summed E-state index contributed by atoms with van der Waals surface area (Å²) in [7, 11) is 0. The van der Waals surface area contributed by atoms with Crippen molar-refractivity contribution >= 4 is 44.3 Å². The zero-order chi connectivity index (χ0) is 12.3. The molecule has 1 heterocycles. The van der Waals surface area contributed by atoms with Crippen LogP contribution >= 0.6 is 38.5 Å². The van der Waals surface area contributed by atoms with Crippen LogP contribution in [-0.4, -0.2) is 10.8 Å². The van der Waals surface area contributed by atoms with Gasteiger partial charge in [-0.15, -0.1) is 0 Å². The molecule has 86 valence electrons. The highest BCUT2D eigenvalue weighted by atomic mass is 127. The molecule has 1 atom stereocenters. The Morgan fingerprint density at radius 1 is 1.18 bits per heavy atom. The van der Waals surface area contributed by atoms with Gasteiger partial charge in [0.15, 0.2) is 5.78 Å². The molecule has 0 aliphatic rings. The number of hydrogen-bond acceptors (Lipinski definition) is 2. The first-order valence-corrected chi connectivity index (χ1v) is 7.02. The fourth-order valence-corrected chi connectivity index (χ4v) is 2.29. The van der Waals surface area contributed by atoms with Crippen LogP contribution in [0.4, 0.5) is 0 Å². The van der Waals surface area contributed by atoms with Gasteiger partial charge in [0.2, 0.25) is 0 Å². The molecular weight excluding hydrogens is 393 g/mol. The van der Waals surface area contributed by atoms with E-state index in [9.17, 15) is 4.79 Å². The summed E-state index contributed by atoms with van der Waals surface area (Å²) < 4.78 is 0.915. The predicted octanol–water partition coefficient (Wildman–Crippen LogP) is 4.01. The molecule has 2 aromatic rings. The molecule has 1 aromatic heterocycles. The molecule has 2 nitrogen and oxygen atoms in total. The molecule has 0 fully saturated rings. The lowest BCUT2D eigenvalue weighted by Crippen LogP contribution is -2.07. The van der Waals surface area contributed by atoms with E-state index in [1.807, 2.05) is 42.5 Å². The van der Waals surface area contributed by atoms with E-state index in [2.05, 4.69) is 43.5 Å². The first kappa shape index (κ1) is 12.7. The SMILES string of the molecule is O=C(c1ccccc1)C(Br)c1ccc(I)nc1. The Morgan fingerprint density at radius 3 is 2.47 bits per heavy atom. The number of halogens is 2. The number of alkyl halides is 1. The molecule has 0 saturated heterocycles. The molecule has 0 spiro atoms. The van der Waals surface area contributed by atoms with Gasteiger partial charge < -0.3 is 0 Å². The Kier molecular flexibility index (Phi) is 4.28. The first-order chi connectivity index (χ1) is 8.18. The zero-order valence-electron chi connectivity index (χ0n) is 8.81. The fraction of sp³-hybridized carbons (Fsp3) is 0.0769. The minimum atomic E-state index is -0.339. The molecule has 1 aromatic carbocycles. The Labute approximate surface area is 122 Å². The minimum absolute atomic E-state index is 0.0496. The van der Waals surface area contributed by atoms with E-state index >= 15 is 0 Å². The molecule has 0 aliphatic heterocycles. The lowest BCUT2D eigenvalue weighted by molar-refractivity contribution is 0.0991. The van der Waals surface area contributed by atoms with Gasteiger partial charge in [-0.25, -0.2) is 4.98 Å². The van der Waals surface area contributed by atoms with Crippen LogP contribution in [0.1, 0.15) is 20.7 Å². The van der Waals surface area contributed by atoms with Crippen molar-refractivity contribution in [2.24, 2.45) is 0 Å². The molecule has 0 N–H and O–H groups in total. The van der Waals surface area contributed by atoms with Crippen molar-refractivity contribution < 1.29 is 4.79 Å². The smallest absolute Gasteiger partial charge is 0.180 e. The Bertz CT molecular complexity index is 513. The van der Waals surface area contributed by atoms with Gasteiger partial charge in [0.1, 0.15) is 8.53 Å². The van der Waals surface area contributed by atoms with E-state index in [1.165, 1.54) is 0 Å². The molecule has 4 heteroatoms. The summed E-state index contributed by atoms with van der Waals surface area (Å²) in [4.78, 5) is 16.0. The average Bonchev–Trinajstić information content (AvgIpc) is 2.39. The van der Waals surface area contributed by atoms with Crippen molar-refractivity contribution in [1.82, 2.24) is 4.98 Å². The first-order valence-electron chi connectivity index (χ1n) is 5.03. The number of nitrogens with zero attached hydrogens (tertiary/aromatic N) is 1. The monoisotopic (exact) mass is 401 g/mol. The Balaban J connectivity index is 2.23. The maximum atomic E-state index is 12.2. The van der Waals surface area contributed by atoms with E-state index in [0.717, 1.165) is 9.26 Å². The number of benzene rings is 1. The second-order valence-corrected chi connectivity index (χ2v) is 5.53. The summed E-state index contributed by atoms with van der Waals surface area (Å²) in [5.41, 5.74) is 1.58. The number of carbonyl (C=O) groups excluding carboxylic acids is 1. The van der Waals surface area contributed by atoms with Crippen molar-refractivity contribution in [3.8, 4) is 0 Å². The average molecular weight is 402 g/mol. The van der Waals surface area contributed by atoms with Crippen molar-refractivity contribution in [1.29, 1.82) is 0 Å². The largest absolute Gasteiger partial charge is 0.293 e. The lowest BCUT2D eigenvalue weighted by Gasteiger charge is -2.08. The van der Waals surface area contributed by atoms with E-state index < -0.39 is 0 Å². The molecule has 2 rings (SSSR count). The van der Waals surface area contributed by atoms with E-state index in [1.54, 1.807) is 6.20 Å². The summed E-state index contributed by atoms with van der Waals surface area (Å²) in [6.45, 7) is 0. The quantitative estimate of drug-likeness (QED) is 0.336. The summed E-state index contributed by atoms with van der Waals surface area (Å²) >= 11 is 5.56. The molecule has 0 saturated carbocycles. The van der Waals surface area contributed by atoms with Crippen LogP contribution in [0, 0.1) is 3.70 Å². The molecule has 1 unspecified atom stereocenters. The number of hydrogen-bond donors (Lipinski definition) is 0. The molecule has 0 amide bonds. The highest BCUT2D eigenvalue weighted by molar-refractivity contribution is 14.1.